The predicted octanol–water partition coefficient (Wildman–Crippen LogP) is 2.82. The molecule has 4 nitrogen and oxygen atoms in total. The van der Waals surface area contributed by atoms with Gasteiger partial charge in [0.15, 0.2) is 0 Å². The Bertz CT molecular complexity index is 482. The molecule has 104 valence electrons. The van der Waals surface area contributed by atoms with Crippen molar-refractivity contribution in [2.45, 2.75) is 45.7 Å². The van der Waals surface area contributed by atoms with Crippen LogP contribution in [0, 0.1) is 0 Å². The summed E-state index contributed by atoms with van der Waals surface area (Å²) in [5.41, 5.74) is 0.156. The highest BCUT2D eigenvalue weighted by atomic mass is 32.1. The molecule has 0 bridgehead atoms. The Morgan fingerprint density at radius 1 is 1.37 bits per heavy atom. The molecular weight excluding hydrogens is 256 g/mol. The molecule has 5 heteroatoms. The third-order valence-corrected chi connectivity index (χ3v) is 4.22. The maximum absolute atomic E-state index is 4.49. The highest BCUT2D eigenvalue weighted by Crippen LogP contribution is 2.26. The van der Waals surface area contributed by atoms with Crippen molar-refractivity contribution in [2.75, 3.05) is 6.54 Å². The van der Waals surface area contributed by atoms with Gasteiger partial charge in [-0.05, 0) is 19.0 Å². The minimum absolute atomic E-state index is 0.156. The number of aryl methyl sites for hydroxylation is 1. The van der Waals surface area contributed by atoms with E-state index in [0.29, 0.717) is 0 Å². The molecule has 0 atom stereocenters. The van der Waals surface area contributed by atoms with Gasteiger partial charge in [0, 0.05) is 42.0 Å². The Hall–Kier alpha value is -1.20. The molecule has 0 saturated heterocycles. The van der Waals surface area contributed by atoms with Crippen LogP contribution in [0.3, 0.4) is 0 Å². The van der Waals surface area contributed by atoms with Crippen LogP contribution in [0.2, 0.25) is 0 Å². The smallest absolute Gasteiger partial charge is 0.0981 e. The molecule has 19 heavy (non-hydrogen) atoms. The highest BCUT2D eigenvalue weighted by molar-refractivity contribution is 7.11. The number of thiazole rings is 1. The van der Waals surface area contributed by atoms with Crippen LogP contribution < -0.4 is 5.32 Å². The van der Waals surface area contributed by atoms with Crippen LogP contribution in [0.5, 0.6) is 0 Å². The van der Waals surface area contributed by atoms with E-state index in [4.69, 9.17) is 0 Å². The Morgan fingerprint density at radius 3 is 2.84 bits per heavy atom. The van der Waals surface area contributed by atoms with Crippen LogP contribution >= 0.6 is 11.3 Å². The van der Waals surface area contributed by atoms with Crippen molar-refractivity contribution < 1.29 is 0 Å². The van der Waals surface area contributed by atoms with E-state index in [1.54, 1.807) is 11.3 Å². The summed E-state index contributed by atoms with van der Waals surface area (Å²) in [6.07, 6.45) is 6.90. The van der Waals surface area contributed by atoms with Gasteiger partial charge in [-0.1, -0.05) is 20.8 Å². The fraction of sp³-hybridized carbons (Fsp3) is 0.571. The van der Waals surface area contributed by atoms with E-state index in [2.05, 4.69) is 36.2 Å². The number of hydrogen-bond donors (Lipinski definition) is 1. The monoisotopic (exact) mass is 278 g/mol. The number of hydrogen-bond acceptors (Lipinski definition) is 4. The molecule has 0 fully saturated rings. The first-order chi connectivity index (χ1) is 9.05. The second-order valence-electron chi connectivity index (χ2n) is 5.68. The van der Waals surface area contributed by atoms with Crippen molar-refractivity contribution in [3.8, 4) is 0 Å². The van der Waals surface area contributed by atoms with Gasteiger partial charge in [-0.15, -0.1) is 11.3 Å². The summed E-state index contributed by atoms with van der Waals surface area (Å²) in [7, 11) is 0. The van der Waals surface area contributed by atoms with Crippen molar-refractivity contribution in [1.29, 1.82) is 0 Å². The zero-order valence-corrected chi connectivity index (χ0v) is 12.7. The van der Waals surface area contributed by atoms with Crippen LogP contribution in [0.15, 0.2) is 24.7 Å². The maximum atomic E-state index is 4.49. The fourth-order valence-corrected chi connectivity index (χ4v) is 2.69. The quantitative estimate of drug-likeness (QED) is 0.826. The molecule has 1 N–H and O–H groups in total. The zero-order valence-electron chi connectivity index (χ0n) is 11.9. The van der Waals surface area contributed by atoms with Gasteiger partial charge in [0.25, 0.3) is 0 Å². The van der Waals surface area contributed by atoms with Crippen LogP contribution in [0.25, 0.3) is 0 Å². The zero-order chi connectivity index (χ0) is 13.7. The minimum Gasteiger partial charge on any atom is -0.312 e. The summed E-state index contributed by atoms with van der Waals surface area (Å²) in [5, 5.41) is 8.85. The molecule has 0 aliphatic carbocycles. The van der Waals surface area contributed by atoms with Crippen LogP contribution in [0.1, 0.15) is 37.1 Å². The second kappa shape index (κ2) is 6.30. The van der Waals surface area contributed by atoms with Gasteiger partial charge in [0.1, 0.15) is 0 Å². The number of aromatic nitrogens is 3. The average Bonchev–Trinajstić information content (AvgIpc) is 2.97. The van der Waals surface area contributed by atoms with Crippen molar-refractivity contribution in [3.63, 3.8) is 0 Å². The largest absolute Gasteiger partial charge is 0.312 e. The molecule has 2 aromatic heterocycles. The summed E-state index contributed by atoms with van der Waals surface area (Å²) in [6, 6.07) is 1.96. The lowest BCUT2D eigenvalue weighted by molar-refractivity contribution is 0.544. The van der Waals surface area contributed by atoms with Crippen LogP contribution in [0.4, 0.5) is 0 Å². The predicted molar refractivity (Wildman–Crippen MR) is 79.4 cm³/mol. The molecule has 0 unspecified atom stereocenters. The third kappa shape index (κ3) is 4.44. The molecule has 2 heterocycles. The summed E-state index contributed by atoms with van der Waals surface area (Å²) in [6.45, 7) is 9.48. The first-order valence-electron chi connectivity index (χ1n) is 6.69. The number of rotatable bonds is 6. The van der Waals surface area contributed by atoms with Crippen molar-refractivity contribution in [3.05, 3.63) is 34.5 Å². The normalized spacial score (nSPS) is 11.9. The Balaban J connectivity index is 1.67. The molecule has 0 saturated carbocycles. The average molecular weight is 278 g/mol. The molecule has 0 amide bonds. The summed E-state index contributed by atoms with van der Waals surface area (Å²) < 4.78 is 1.96. The first kappa shape index (κ1) is 14.2. The Kier molecular flexibility index (Phi) is 4.71. The van der Waals surface area contributed by atoms with E-state index < -0.39 is 0 Å². The summed E-state index contributed by atoms with van der Waals surface area (Å²) in [4.78, 5) is 5.80. The van der Waals surface area contributed by atoms with E-state index in [0.717, 1.165) is 26.1 Å². The van der Waals surface area contributed by atoms with Gasteiger partial charge >= 0.3 is 0 Å². The van der Waals surface area contributed by atoms with Crippen LogP contribution in [-0.4, -0.2) is 21.3 Å². The summed E-state index contributed by atoms with van der Waals surface area (Å²) >= 11 is 1.80. The van der Waals surface area contributed by atoms with Gasteiger partial charge in [-0.25, -0.2) is 4.98 Å². The molecule has 0 aromatic carbocycles. The summed E-state index contributed by atoms with van der Waals surface area (Å²) in [5.74, 6) is 0. The van der Waals surface area contributed by atoms with Gasteiger partial charge in [0.05, 0.1) is 5.01 Å². The van der Waals surface area contributed by atoms with Gasteiger partial charge < -0.3 is 5.32 Å². The molecule has 0 radical (unpaired) electrons. The maximum Gasteiger partial charge on any atom is 0.0981 e. The van der Waals surface area contributed by atoms with Gasteiger partial charge in [0.2, 0.25) is 0 Å². The molecule has 2 rings (SSSR count). The minimum atomic E-state index is 0.156. The first-order valence-corrected chi connectivity index (χ1v) is 7.51. The van der Waals surface area contributed by atoms with Gasteiger partial charge in [-0.3, -0.25) is 4.68 Å². The highest BCUT2D eigenvalue weighted by Gasteiger charge is 2.17. The topological polar surface area (TPSA) is 42.7 Å². The van der Waals surface area contributed by atoms with Crippen molar-refractivity contribution in [2.24, 2.45) is 0 Å². The van der Waals surface area contributed by atoms with E-state index in [1.165, 1.54) is 9.88 Å². The van der Waals surface area contributed by atoms with E-state index in [1.807, 2.05) is 29.3 Å². The van der Waals surface area contributed by atoms with Crippen LogP contribution in [-0.2, 0) is 18.5 Å². The molecule has 2 aromatic rings. The fourth-order valence-electron chi connectivity index (χ4n) is 1.75. The molecule has 0 spiro atoms. The Labute approximate surface area is 118 Å². The van der Waals surface area contributed by atoms with E-state index >= 15 is 0 Å². The third-order valence-electron chi connectivity index (χ3n) is 2.79. The van der Waals surface area contributed by atoms with Gasteiger partial charge in [-0.2, -0.15) is 5.10 Å². The lowest BCUT2D eigenvalue weighted by atomic mass is 9.98. The lowest BCUT2D eigenvalue weighted by Gasteiger charge is -2.13. The van der Waals surface area contributed by atoms with E-state index in [9.17, 15) is 0 Å². The standard InChI is InChI=1S/C14H22N4S/c1-14(2,3)13-16-11-12(19-13)10-15-6-4-8-18-9-5-7-17-18/h5,7,9,11,15H,4,6,8,10H2,1-3H3. The number of nitrogens with zero attached hydrogens (tertiary/aromatic N) is 3. The van der Waals surface area contributed by atoms with Crippen molar-refractivity contribution in [1.82, 2.24) is 20.1 Å². The lowest BCUT2D eigenvalue weighted by Crippen LogP contribution is -2.16. The molecule has 0 aliphatic heterocycles. The second-order valence-corrected chi connectivity index (χ2v) is 6.80. The van der Waals surface area contributed by atoms with Crippen molar-refractivity contribution >= 4 is 11.3 Å². The Morgan fingerprint density at radius 2 is 2.21 bits per heavy atom. The molecule has 0 aliphatic rings. The number of nitrogens with one attached hydrogen (secondary N) is 1. The van der Waals surface area contributed by atoms with E-state index in [-0.39, 0.29) is 5.41 Å². The molecular formula is C14H22N4S. The SMILES string of the molecule is CC(C)(C)c1ncc(CNCCCn2cccn2)s1.